The smallest absolute Gasteiger partial charge is 0.408 e. The van der Waals surface area contributed by atoms with E-state index in [4.69, 9.17) is 19.9 Å². The van der Waals surface area contributed by atoms with E-state index in [1.54, 1.807) is 77.2 Å². The number of carbonyl (C=O) groups is 10. The Labute approximate surface area is 596 Å². The number of benzene rings is 2. The molecule has 29 nitrogen and oxygen atoms in total. The van der Waals surface area contributed by atoms with Crippen LogP contribution in [0.1, 0.15) is 159 Å². The molecule has 101 heavy (non-hydrogen) atoms. The zero-order chi connectivity index (χ0) is 74.7. The van der Waals surface area contributed by atoms with Crippen LogP contribution in [-0.4, -0.2) is 188 Å². The number of hydrogen-bond donors (Lipinski definition) is 9. The topological polar surface area (TPSA) is 400 Å². The van der Waals surface area contributed by atoms with E-state index < -0.39 is 128 Å². The summed E-state index contributed by atoms with van der Waals surface area (Å²) in [4.78, 5) is 151. The lowest BCUT2D eigenvalue weighted by Gasteiger charge is -2.41. The first kappa shape index (κ1) is 83.0. The number of sulfone groups is 1. The highest BCUT2D eigenvalue weighted by Crippen LogP contribution is 2.31. The summed E-state index contributed by atoms with van der Waals surface area (Å²) in [6, 6.07) is 10.7. The predicted molar refractivity (Wildman–Crippen MR) is 380 cm³/mol. The molecule has 4 aromatic rings. The zero-order valence-electron chi connectivity index (χ0n) is 60.3. The van der Waals surface area contributed by atoms with Gasteiger partial charge in [-0.1, -0.05) is 104 Å². The van der Waals surface area contributed by atoms with Gasteiger partial charge < -0.3 is 72.3 Å². The number of aromatic nitrogens is 3. The Kier molecular flexibility index (Phi) is 32.9. The van der Waals surface area contributed by atoms with Crippen LogP contribution in [0.4, 0.5) is 15.3 Å². The van der Waals surface area contributed by atoms with E-state index in [0.717, 1.165) is 29.2 Å². The monoisotopic (exact) mass is 1440 g/mol. The van der Waals surface area contributed by atoms with Gasteiger partial charge in [0.05, 0.1) is 48.2 Å². The van der Waals surface area contributed by atoms with Crippen molar-refractivity contribution in [2.24, 2.45) is 29.4 Å². The second kappa shape index (κ2) is 40.1. The zero-order valence-corrected chi connectivity index (χ0v) is 61.9. The Bertz CT molecular complexity index is 3490. The molecule has 0 unspecified atom stereocenters. The first-order valence-electron chi connectivity index (χ1n) is 34.2. The number of unbranched alkanes of at least 4 members (excludes halogenated alkanes) is 2. The first-order valence-corrected chi connectivity index (χ1v) is 37.0. The minimum absolute atomic E-state index is 0.0674. The van der Waals surface area contributed by atoms with E-state index in [0.29, 0.717) is 62.7 Å². The molecule has 0 radical (unpaired) electrons. The summed E-state index contributed by atoms with van der Waals surface area (Å²) in [5, 5.41) is 24.4. The number of alkyl carbamates (subject to hydrolysis) is 1. The van der Waals surface area contributed by atoms with Crippen LogP contribution in [0.2, 0.25) is 0 Å². The molecular formula is C70H104N14O15S2. The third-order valence-electron chi connectivity index (χ3n) is 17.9. The van der Waals surface area contributed by atoms with Crippen molar-refractivity contribution >= 4 is 86.2 Å². The fourth-order valence-electron chi connectivity index (χ4n) is 11.9. The van der Waals surface area contributed by atoms with Crippen molar-refractivity contribution in [1.82, 2.24) is 62.0 Å². The molecule has 0 saturated carbocycles. The summed E-state index contributed by atoms with van der Waals surface area (Å²) in [6.07, 6.45) is 6.80. The van der Waals surface area contributed by atoms with Crippen LogP contribution in [0.5, 0.6) is 0 Å². The number of nitrogens with one attached hydrogen (secondary N) is 8. The third kappa shape index (κ3) is 25.7. The van der Waals surface area contributed by atoms with E-state index in [2.05, 4.69) is 57.5 Å². The summed E-state index contributed by atoms with van der Waals surface area (Å²) < 4.78 is 40.9. The molecule has 10 N–H and O–H groups in total. The van der Waals surface area contributed by atoms with Crippen LogP contribution in [0.15, 0.2) is 83.7 Å². The average Bonchev–Trinajstić information content (AvgIpc) is 1.79. The number of nitrogens with two attached hydrogens (primary N) is 1. The van der Waals surface area contributed by atoms with Crippen molar-refractivity contribution in [2.75, 3.05) is 52.5 Å². The van der Waals surface area contributed by atoms with Crippen LogP contribution >= 0.6 is 11.3 Å². The quantitative estimate of drug-likeness (QED) is 0.0196. The summed E-state index contributed by atoms with van der Waals surface area (Å²) >= 11 is 1.46. The van der Waals surface area contributed by atoms with Crippen LogP contribution in [0, 0.1) is 23.7 Å². The van der Waals surface area contributed by atoms with Crippen molar-refractivity contribution in [3.05, 3.63) is 100 Å². The second-order valence-corrected chi connectivity index (χ2v) is 29.6. The van der Waals surface area contributed by atoms with Crippen LogP contribution in [-0.2, 0) is 70.6 Å². The van der Waals surface area contributed by atoms with E-state index in [9.17, 15) is 56.4 Å². The molecule has 10 atom stereocenters. The Balaban J connectivity index is 1.13. The third-order valence-corrected chi connectivity index (χ3v) is 19.6. The number of methoxy groups -OCH3 is 2. The van der Waals surface area contributed by atoms with Gasteiger partial charge in [0.25, 0.3) is 5.91 Å². The van der Waals surface area contributed by atoms with Gasteiger partial charge >= 0.3 is 12.1 Å². The highest BCUT2D eigenvalue weighted by atomic mass is 32.2. The molecule has 11 amide bonds. The number of rotatable bonds is 40. The summed E-state index contributed by atoms with van der Waals surface area (Å²) in [6.45, 7) is 16.3. The van der Waals surface area contributed by atoms with Gasteiger partial charge in [0.15, 0.2) is 0 Å². The van der Waals surface area contributed by atoms with Gasteiger partial charge in [-0.05, 0) is 99.8 Å². The Morgan fingerprint density at radius 1 is 0.772 bits per heavy atom. The maximum atomic E-state index is 14.7. The fraction of sp³-hybridized carbons (Fsp3) is 0.586. The molecule has 2 aromatic carbocycles. The van der Waals surface area contributed by atoms with Crippen LogP contribution < -0.4 is 48.3 Å². The summed E-state index contributed by atoms with van der Waals surface area (Å²) in [5.41, 5.74) is 5.60. The number of likely N-dealkylation sites (tertiary alicyclic amines) is 1. The molecule has 5 rings (SSSR count). The van der Waals surface area contributed by atoms with Gasteiger partial charge in [-0.15, -0.1) is 11.3 Å². The van der Waals surface area contributed by atoms with E-state index >= 15 is 0 Å². The second-order valence-electron chi connectivity index (χ2n) is 26.8. The van der Waals surface area contributed by atoms with E-state index in [1.165, 1.54) is 37.2 Å². The molecule has 0 aliphatic carbocycles. The number of carbonyl (C=O) groups excluding carboxylic acids is 10. The molecule has 1 saturated heterocycles. The molecule has 3 heterocycles. The molecule has 1 aliphatic heterocycles. The highest BCUT2D eigenvalue weighted by molar-refractivity contribution is 7.90. The van der Waals surface area contributed by atoms with Gasteiger partial charge in [0.1, 0.15) is 35.3 Å². The minimum atomic E-state index is -3.63. The van der Waals surface area contributed by atoms with Gasteiger partial charge in [-0.3, -0.25) is 38.4 Å². The lowest BCUT2D eigenvalue weighted by atomic mass is 9.89. The number of thiazole rings is 1. The Morgan fingerprint density at radius 3 is 2.03 bits per heavy atom. The number of anilines is 1. The van der Waals surface area contributed by atoms with E-state index in [1.807, 2.05) is 56.5 Å². The summed E-state index contributed by atoms with van der Waals surface area (Å²) in [5.74, 6) is -5.33. The van der Waals surface area contributed by atoms with Crippen molar-refractivity contribution < 1.29 is 70.6 Å². The maximum absolute atomic E-state index is 14.7. The molecule has 1 aliphatic rings. The Hall–Kier alpha value is -8.68. The minimum Gasteiger partial charge on any atom is -0.445 e. The Morgan fingerprint density at radius 2 is 1.44 bits per heavy atom. The molecule has 0 bridgehead atoms. The standard InChI is InChI=1S/C70H104N14O15S2/c1-14-44(6)58(53(97-11)38-55(86)84-35-22-26-52(84)59(98-12)45(7)60(87)79-51(64-73-34-36-100-64)37-46-23-17-15-18-24-46)83(10)65(91)57(43(4)5)81-66(92)70(8,9)82-69(94)99-41-47-28-30-49(31-29-47)77-62(89)50(25-21-33-74-67(71)93)78-63(90)56(42(2)3)80-54(85)27-19-16-20-32-72-61(88)48-39-75-68(76-40-48)101(13,95)96/h15,17-18,23-24,28-31,34,36,39-40,42-45,50-53,56-59H,14,16,19-22,25-27,32-33,35,37-38,41H2,1-13H3,(H,72,88)(H,77,89)(H,78,90)(H,79,87)(H,80,85)(H,81,92)(H,82,94)(H3,71,74,93)/t44-,45+,50-,51-,52-,53+,56-,57-,58-,59+/m0/s1. The van der Waals surface area contributed by atoms with Crippen LogP contribution in [0.25, 0.3) is 0 Å². The van der Waals surface area contributed by atoms with Gasteiger partial charge in [-0.25, -0.2) is 33.0 Å². The van der Waals surface area contributed by atoms with Gasteiger partial charge in [0.2, 0.25) is 56.3 Å². The molecule has 31 heteroatoms. The van der Waals surface area contributed by atoms with Gasteiger partial charge in [0, 0.05) is 83.2 Å². The largest absolute Gasteiger partial charge is 0.445 e. The molecule has 1 fully saturated rings. The fourth-order valence-corrected chi connectivity index (χ4v) is 13.1. The number of nitrogens with zero attached hydrogens (tertiary/aromatic N) is 5. The number of urea groups is 1. The van der Waals surface area contributed by atoms with Crippen molar-refractivity contribution in [3.8, 4) is 0 Å². The number of hydrogen-bond acceptors (Lipinski definition) is 19. The van der Waals surface area contributed by atoms with Gasteiger partial charge in [-0.2, -0.15) is 0 Å². The van der Waals surface area contributed by atoms with Crippen molar-refractivity contribution in [1.29, 1.82) is 0 Å². The molecule has 2 aromatic heterocycles. The predicted octanol–water partition coefficient (Wildman–Crippen LogP) is 5.51. The number of ether oxygens (including phenoxy) is 3. The number of primary amides is 1. The van der Waals surface area contributed by atoms with Crippen LogP contribution in [0.3, 0.4) is 0 Å². The number of likely N-dealkylation sites (N-methyl/N-ethyl adjacent to an activating group) is 1. The number of amides is 11. The lowest BCUT2D eigenvalue weighted by molar-refractivity contribution is -0.148. The molecular weight excluding hydrogens is 1340 g/mol. The highest BCUT2D eigenvalue weighted by Gasteiger charge is 2.44. The summed E-state index contributed by atoms with van der Waals surface area (Å²) in [7, 11) is 1.05. The van der Waals surface area contributed by atoms with E-state index in [-0.39, 0.29) is 74.7 Å². The maximum Gasteiger partial charge on any atom is 0.408 e. The first-order chi connectivity index (χ1) is 47.8. The average molecular weight is 1450 g/mol. The molecule has 0 spiro atoms. The SMILES string of the molecule is CC[C@H](C)[C@@H]([C@@H](CC(=O)N1CCC[C@H]1[C@H](OC)[C@@H](C)C(=O)N[C@@H](Cc1ccccc1)c1nccs1)OC)N(C)C(=O)[C@@H](NC(=O)C(C)(C)NC(=O)OCc1ccc(NC(=O)[C@H](CCCNC(N)=O)NC(=O)[C@@H](NC(=O)CCCCCNC(=O)c2cnc(S(C)(=O)=O)nc2)C(C)C)cc1)C(C)C. The lowest BCUT2D eigenvalue weighted by Crippen LogP contribution is -2.62. The molecule has 556 valence electrons. The normalized spacial score (nSPS) is 15.8. The van der Waals surface area contributed by atoms with Crippen molar-refractivity contribution in [3.63, 3.8) is 0 Å². The van der Waals surface area contributed by atoms with Crippen molar-refractivity contribution in [2.45, 2.75) is 199 Å².